The molecule has 6 unspecified atom stereocenters. The lowest BCUT2D eigenvalue weighted by atomic mass is 9.79. The average molecular weight is 685 g/mol. The normalized spacial score (nSPS) is 20.1. The summed E-state index contributed by atoms with van der Waals surface area (Å²) in [4.78, 5) is 63.6. The van der Waals surface area contributed by atoms with Crippen LogP contribution in [0.15, 0.2) is 24.3 Å². The molecule has 0 saturated carbocycles. The molecule has 2 bridgehead atoms. The number of hydrogen-bond donors (Lipinski definition) is 12. The molecule has 4 amide bonds. The fraction of sp³-hybridized carbons (Fsp3) is 0.600. The smallest absolute Gasteiger partial charge is 0.233 e. The van der Waals surface area contributed by atoms with E-state index in [-0.39, 0.29) is 39.0 Å². The van der Waals surface area contributed by atoms with Gasteiger partial charge in [0.05, 0.1) is 50.8 Å². The number of aliphatic hydroxyl groups excluding tert-OH is 8. The molecule has 2 heterocycles. The summed E-state index contributed by atoms with van der Waals surface area (Å²) in [6.45, 7) is -3.95. The van der Waals surface area contributed by atoms with Gasteiger partial charge in [0.1, 0.15) is 24.0 Å². The van der Waals surface area contributed by atoms with Crippen LogP contribution in [0.1, 0.15) is 34.5 Å². The van der Waals surface area contributed by atoms with Gasteiger partial charge in [-0.25, -0.2) is 9.78 Å². The van der Waals surface area contributed by atoms with Gasteiger partial charge in [0.2, 0.25) is 23.6 Å². The van der Waals surface area contributed by atoms with E-state index in [9.17, 15) is 39.6 Å². The van der Waals surface area contributed by atoms with Crippen LogP contribution in [0.25, 0.3) is 0 Å². The highest BCUT2D eigenvalue weighted by molar-refractivity contribution is 6.01. The fourth-order valence-electron chi connectivity index (χ4n) is 5.10. The van der Waals surface area contributed by atoms with E-state index >= 15 is 0 Å². The molecule has 18 heteroatoms. The Hall–Kier alpha value is -3.56. The van der Waals surface area contributed by atoms with Gasteiger partial charge in [0.15, 0.2) is 0 Å². The maximum Gasteiger partial charge on any atom is 0.233 e. The zero-order chi connectivity index (χ0) is 35.4. The molecule has 18 nitrogen and oxygen atoms in total. The first-order valence-electron chi connectivity index (χ1n) is 15.3. The second kappa shape index (κ2) is 18.8. The maximum atomic E-state index is 13.2. The topological polar surface area (TPSA) is 297 Å². The van der Waals surface area contributed by atoms with E-state index in [4.69, 9.17) is 30.2 Å². The van der Waals surface area contributed by atoms with Crippen LogP contribution in [-0.2, 0) is 41.8 Å². The first-order chi connectivity index (χ1) is 22.9. The van der Waals surface area contributed by atoms with Crippen molar-refractivity contribution in [3.8, 4) is 0 Å². The zero-order valence-corrected chi connectivity index (χ0v) is 26.0. The minimum atomic E-state index is -1.41. The van der Waals surface area contributed by atoms with Crippen molar-refractivity contribution in [2.45, 2.75) is 49.5 Å². The third-order valence-corrected chi connectivity index (χ3v) is 7.77. The highest BCUT2D eigenvalue weighted by Gasteiger charge is 2.39. The Kier molecular flexibility index (Phi) is 15.3. The summed E-state index contributed by atoms with van der Waals surface area (Å²) in [6, 6.07) is 3.17. The molecule has 0 saturated heterocycles. The summed E-state index contributed by atoms with van der Waals surface area (Å²) < 4.78 is 0. The highest BCUT2D eigenvalue weighted by atomic mass is 17.2. The third kappa shape index (κ3) is 10.5. The molecule has 0 aromatic heterocycles. The van der Waals surface area contributed by atoms with Crippen LogP contribution in [-0.4, -0.2) is 142 Å². The number of rotatable bonds is 20. The molecule has 0 radical (unpaired) electrons. The van der Waals surface area contributed by atoms with Crippen molar-refractivity contribution in [1.29, 1.82) is 0 Å². The number of fused-ring (bicyclic) bond motifs is 1. The minimum absolute atomic E-state index is 0.215. The first-order valence-corrected chi connectivity index (χ1v) is 15.3. The molecule has 1 aromatic carbocycles. The van der Waals surface area contributed by atoms with Gasteiger partial charge in [-0.15, -0.1) is 0 Å². The summed E-state index contributed by atoms with van der Waals surface area (Å²) >= 11 is 0. The molecule has 0 fully saturated rings. The van der Waals surface area contributed by atoms with Crippen LogP contribution < -0.4 is 21.3 Å². The van der Waals surface area contributed by atoms with Crippen LogP contribution in [0.5, 0.6) is 0 Å². The van der Waals surface area contributed by atoms with Crippen molar-refractivity contribution in [1.82, 2.24) is 21.3 Å². The summed E-state index contributed by atoms with van der Waals surface area (Å²) in [5.41, 5.74) is 1.93. The Balaban J connectivity index is 1.98. The molecule has 0 spiro atoms. The van der Waals surface area contributed by atoms with Crippen LogP contribution in [0.3, 0.4) is 0 Å². The van der Waals surface area contributed by atoms with E-state index < -0.39 is 98.5 Å². The van der Waals surface area contributed by atoms with Crippen molar-refractivity contribution in [2.75, 3.05) is 52.6 Å². The van der Waals surface area contributed by atoms with Crippen LogP contribution in [0.2, 0.25) is 0 Å². The van der Waals surface area contributed by atoms with Crippen LogP contribution in [0.4, 0.5) is 0 Å². The van der Waals surface area contributed by atoms with Crippen molar-refractivity contribution in [3.63, 3.8) is 0 Å². The van der Waals surface area contributed by atoms with Crippen LogP contribution >= 0.6 is 0 Å². The molecule has 12 N–H and O–H groups in total. The molecule has 3 aliphatic rings. The van der Waals surface area contributed by atoms with E-state index in [0.717, 1.165) is 0 Å². The Morgan fingerprint density at radius 1 is 0.542 bits per heavy atom. The molecule has 268 valence electrons. The maximum absolute atomic E-state index is 13.2. The quantitative estimate of drug-likeness (QED) is 0.0347. The second-order valence-corrected chi connectivity index (χ2v) is 11.5. The molecular formula is C30H44N4O14. The lowest BCUT2D eigenvalue weighted by Gasteiger charge is -2.36. The van der Waals surface area contributed by atoms with Crippen molar-refractivity contribution < 1.29 is 69.8 Å². The average Bonchev–Trinajstić information content (AvgIpc) is 3.11. The number of aliphatic hydroxyl groups is 8. The van der Waals surface area contributed by atoms with Gasteiger partial charge in [-0.05, 0) is 47.2 Å². The number of amides is 4. The van der Waals surface area contributed by atoms with E-state index in [1.165, 1.54) is 0 Å². The Morgan fingerprint density at radius 3 is 1.04 bits per heavy atom. The zero-order valence-electron chi connectivity index (χ0n) is 26.0. The lowest BCUT2D eigenvalue weighted by Crippen LogP contribution is -2.47. The van der Waals surface area contributed by atoms with Gasteiger partial charge in [0.25, 0.3) is 0 Å². The Bertz CT molecular complexity index is 1150. The van der Waals surface area contributed by atoms with Gasteiger partial charge >= 0.3 is 0 Å². The number of hydrogen-bond acceptors (Lipinski definition) is 14. The highest BCUT2D eigenvalue weighted by Crippen LogP contribution is 2.45. The van der Waals surface area contributed by atoms with Crippen molar-refractivity contribution in [2.24, 2.45) is 11.8 Å². The van der Waals surface area contributed by atoms with Crippen LogP contribution in [0, 0.1) is 11.8 Å². The van der Waals surface area contributed by atoms with Gasteiger partial charge in [-0.3, -0.25) is 19.2 Å². The SMILES string of the molecule is O=C(NCC(O)CO)C(Cc1ccc(CC(C(=O)NCC(O)CO)C(=O)NCC(O)CO)c2c1C1C=CC2OO1)C(=O)NCC(O)CO. The van der Waals surface area contributed by atoms with Gasteiger partial charge in [-0.2, -0.15) is 0 Å². The molecule has 6 atom stereocenters. The number of carbonyl (C=O) groups excluding carboxylic acids is 4. The predicted molar refractivity (Wildman–Crippen MR) is 162 cm³/mol. The number of carbonyl (C=O) groups is 4. The van der Waals surface area contributed by atoms with Gasteiger partial charge in [-0.1, -0.05) is 12.1 Å². The number of nitrogens with one attached hydrogen (secondary N) is 4. The Labute approximate surface area is 275 Å². The summed E-state index contributed by atoms with van der Waals surface area (Å²) in [7, 11) is 0. The third-order valence-electron chi connectivity index (χ3n) is 7.77. The first kappa shape index (κ1) is 38.9. The Morgan fingerprint density at radius 2 is 0.812 bits per heavy atom. The van der Waals surface area contributed by atoms with E-state index in [1.54, 1.807) is 24.3 Å². The molecule has 2 aliphatic heterocycles. The molecule has 1 aromatic rings. The molecule has 4 rings (SSSR count). The fourth-order valence-corrected chi connectivity index (χ4v) is 5.10. The van der Waals surface area contributed by atoms with Crippen molar-refractivity contribution in [3.05, 3.63) is 46.5 Å². The minimum Gasteiger partial charge on any atom is -0.394 e. The summed E-state index contributed by atoms with van der Waals surface area (Å²) in [5.74, 6) is -6.02. The molecular weight excluding hydrogens is 640 g/mol. The van der Waals surface area contributed by atoms with Crippen molar-refractivity contribution >= 4 is 23.6 Å². The number of benzene rings is 1. The van der Waals surface area contributed by atoms with E-state index in [2.05, 4.69) is 21.3 Å². The van der Waals surface area contributed by atoms with Gasteiger partial charge < -0.3 is 62.1 Å². The lowest BCUT2D eigenvalue weighted by molar-refractivity contribution is -0.355. The van der Waals surface area contributed by atoms with E-state index in [1.807, 2.05) is 0 Å². The van der Waals surface area contributed by atoms with Gasteiger partial charge in [0, 0.05) is 26.2 Å². The second-order valence-electron chi connectivity index (χ2n) is 11.5. The molecule has 48 heavy (non-hydrogen) atoms. The summed E-state index contributed by atoms with van der Waals surface area (Å²) in [5, 5.41) is 85.0. The summed E-state index contributed by atoms with van der Waals surface area (Å²) in [6.07, 6.45) is -3.79. The van der Waals surface area contributed by atoms with E-state index in [0.29, 0.717) is 22.3 Å². The standard InChI is InChI=1S/C30H44N4O14/c35-11-17(39)7-31-27(43)21(28(44)32-8-18(40)12-36)5-15-1-2-16(26-24-4-3-23(25(15)26)47-48-24)6-22(29(45)33-9-19(41)13-37)30(46)34-10-20(42)14-38/h1-4,17-24,35-42H,5-14H2,(H,31,43)(H,32,44)(H,33,45)(H,34,46). The monoisotopic (exact) mass is 684 g/mol. The largest absolute Gasteiger partial charge is 0.394 e. The predicted octanol–water partition coefficient (Wildman–Crippen LogP) is -5.50. The molecule has 1 aliphatic carbocycles.